The minimum Gasteiger partial charge on any atom is -0.493 e. The first kappa shape index (κ1) is 28.2. The first-order valence-corrected chi connectivity index (χ1v) is 12.7. The fourth-order valence-corrected chi connectivity index (χ4v) is 4.57. The van der Waals surface area contributed by atoms with Crippen molar-refractivity contribution in [2.45, 2.75) is 13.5 Å². The van der Waals surface area contributed by atoms with Gasteiger partial charge in [0.05, 0.1) is 19.7 Å². The van der Waals surface area contributed by atoms with Crippen LogP contribution in [0.2, 0.25) is 0 Å². The molecule has 9 nitrogen and oxygen atoms in total. The van der Waals surface area contributed by atoms with E-state index in [1.54, 1.807) is 25.1 Å². The Morgan fingerprint density at radius 1 is 0.929 bits per heavy atom. The number of aryl methyl sites for hydroxylation is 1. The second-order valence-electron chi connectivity index (χ2n) is 9.24. The molecule has 42 heavy (non-hydrogen) atoms. The molecule has 0 radical (unpaired) electrons. The minimum atomic E-state index is -0.753. The Bertz CT molecular complexity index is 1870. The number of nitrogens with one attached hydrogen (secondary N) is 1. The van der Waals surface area contributed by atoms with Crippen LogP contribution in [0.5, 0.6) is 23.0 Å². The number of aromatic nitrogens is 2. The molecular formula is C31H26F2N4O5. The molecule has 0 spiro atoms. The standard InChI is InChI=1S/C31H26F2N4O5/c1-17-12-22(31(39)37(25(17)16-34)20-7-4-18(32)5-8-20)30(38)36-19-6-9-27(23(33)13-19)42-26-10-11-35-24-15-29(41-3)28(40-2)14-21(24)26/h4-15H,16,34H2,1-3H3,(H,36,38). The molecule has 0 fully saturated rings. The Balaban J connectivity index is 1.43. The highest BCUT2D eigenvalue weighted by Gasteiger charge is 2.20. The molecule has 5 rings (SSSR count). The van der Waals surface area contributed by atoms with Gasteiger partial charge < -0.3 is 25.3 Å². The Labute approximate surface area is 239 Å². The van der Waals surface area contributed by atoms with Crippen LogP contribution in [0.1, 0.15) is 21.6 Å². The lowest BCUT2D eigenvalue weighted by Gasteiger charge is -2.17. The van der Waals surface area contributed by atoms with E-state index in [1.165, 1.54) is 67.4 Å². The number of fused-ring (bicyclic) bond motifs is 1. The molecule has 0 atom stereocenters. The number of nitrogens with two attached hydrogens (primary N) is 1. The monoisotopic (exact) mass is 572 g/mol. The Hall–Kier alpha value is -5.29. The van der Waals surface area contributed by atoms with E-state index in [1.807, 2.05) is 0 Å². The van der Waals surface area contributed by atoms with Gasteiger partial charge in [0, 0.05) is 47.3 Å². The van der Waals surface area contributed by atoms with Crippen LogP contribution in [0, 0.1) is 18.6 Å². The van der Waals surface area contributed by atoms with Gasteiger partial charge in [0.1, 0.15) is 17.1 Å². The largest absolute Gasteiger partial charge is 0.493 e. The third kappa shape index (κ3) is 5.37. The maximum absolute atomic E-state index is 15.2. The molecule has 2 aromatic heterocycles. The first-order valence-electron chi connectivity index (χ1n) is 12.7. The van der Waals surface area contributed by atoms with Crippen molar-refractivity contribution >= 4 is 22.5 Å². The fraction of sp³-hybridized carbons (Fsp3) is 0.129. The molecule has 214 valence electrons. The van der Waals surface area contributed by atoms with E-state index in [-0.39, 0.29) is 23.5 Å². The summed E-state index contributed by atoms with van der Waals surface area (Å²) in [5.41, 5.74) is 7.09. The lowest BCUT2D eigenvalue weighted by molar-refractivity contribution is 0.102. The molecule has 0 aliphatic rings. The van der Waals surface area contributed by atoms with Crippen LogP contribution in [-0.4, -0.2) is 29.7 Å². The molecule has 1 amide bonds. The number of nitrogens with zero attached hydrogens (tertiary/aromatic N) is 2. The predicted octanol–water partition coefficient (Wildman–Crippen LogP) is 5.49. The van der Waals surface area contributed by atoms with Gasteiger partial charge in [-0.2, -0.15) is 0 Å². The quantitative estimate of drug-likeness (QED) is 0.252. The maximum atomic E-state index is 15.2. The van der Waals surface area contributed by atoms with Gasteiger partial charge in [-0.3, -0.25) is 19.1 Å². The van der Waals surface area contributed by atoms with E-state index in [4.69, 9.17) is 19.9 Å². The third-order valence-corrected chi connectivity index (χ3v) is 6.66. The van der Waals surface area contributed by atoms with Crippen LogP contribution in [-0.2, 0) is 6.54 Å². The number of carbonyl (C=O) groups excluding carboxylic acids is 1. The summed E-state index contributed by atoms with van der Waals surface area (Å²) in [7, 11) is 3.01. The second kappa shape index (κ2) is 11.7. The van der Waals surface area contributed by atoms with Crippen LogP contribution >= 0.6 is 0 Å². The van der Waals surface area contributed by atoms with Gasteiger partial charge in [-0.25, -0.2) is 8.78 Å². The topological polar surface area (TPSA) is 118 Å². The molecule has 5 aromatic rings. The summed E-state index contributed by atoms with van der Waals surface area (Å²) < 4.78 is 46.5. The Morgan fingerprint density at radius 3 is 2.31 bits per heavy atom. The summed E-state index contributed by atoms with van der Waals surface area (Å²) in [6, 6.07) is 15.5. The highest BCUT2D eigenvalue weighted by molar-refractivity contribution is 6.04. The number of amides is 1. The molecule has 0 aliphatic heterocycles. The maximum Gasteiger partial charge on any atom is 0.268 e. The van der Waals surface area contributed by atoms with Gasteiger partial charge >= 0.3 is 0 Å². The smallest absolute Gasteiger partial charge is 0.268 e. The Morgan fingerprint density at radius 2 is 1.64 bits per heavy atom. The molecular weight excluding hydrogens is 546 g/mol. The number of benzene rings is 3. The van der Waals surface area contributed by atoms with Crippen molar-refractivity contribution in [2.75, 3.05) is 19.5 Å². The van der Waals surface area contributed by atoms with Crippen LogP contribution in [0.4, 0.5) is 14.5 Å². The second-order valence-corrected chi connectivity index (χ2v) is 9.24. The van der Waals surface area contributed by atoms with Crippen LogP contribution < -0.4 is 30.8 Å². The molecule has 0 aliphatic carbocycles. The highest BCUT2D eigenvalue weighted by atomic mass is 19.1. The molecule has 0 bridgehead atoms. The molecule has 3 aromatic carbocycles. The summed E-state index contributed by atoms with van der Waals surface area (Å²) in [6.45, 7) is 1.72. The van der Waals surface area contributed by atoms with Crippen molar-refractivity contribution < 1.29 is 27.8 Å². The molecule has 0 saturated heterocycles. The van der Waals surface area contributed by atoms with Crippen LogP contribution in [0.3, 0.4) is 0 Å². The van der Waals surface area contributed by atoms with Crippen molar-refractivity contribution in [2.24, 2.45) is 5.73 Å². The van der Waals surface area contributed by atoms with E-state index in [0.29, 0.717) is 45.1 Å². The van der Waals surface area contributed by atoms with Crippen molar-refractivity contribution in [1.82, 2.24) is 9.55 Å². The SMILES string of the molecule is COc1cc2nccc(Oc3ccc(NC(=O)c4cc(C)c(CN)n(-c5ccc(F)cc5)c4=O)cc3F)c2cc1OC. The van der Waals surface area contributed by atoms with Gasteiger partial charge in [0.2, 0.25) is 0 Å². The molecule has 0 saturated carbocycles. The lowest BCUT2D eigenvalue weighted by atomic mass is 10.1. The highest BCUT2D eigenvalue weighted by Crippen LogP contribution is 2.37. The summed E-state index contributed by atoms with van der Waals surface area (Å²) in [5, 5.41) is 3.13. The zero-order chi connectivity index (χ0) is 30.0. The van der Waals surface area contributed by atoms with Gasteiger partial charge in [-0.05, 0) is 67.1 Å². The summed E-state index contributed by atoms with van der Waals surface area (Å²) in [5.74, 6) is -0.815. The van der Waals surface area contributed by atoms with E-state index in [9.17, 15) is 14.0 Å². The van der Waals surface area contributed by atoms with E-state index >= 15 is 4.39 Å². The van der Waals surface area contributed by atoms with Crippen LogP contribution in [0.25, 0.3) is 16.6 Å². The average Bonchev–Trinajstić information content (AvgIpc) is 2.99. The fourth-order valence-electron chi connectivity index (χ4n) is 4.57. The summed E-state index contributed by atoms with van der Waals surface area (Å²) >= 11 is 0. The zero-order valence-corrected chi connectivity index (χ0v) is 22.9. The first-order chi connectivity index (χ1) is 20.2. The Kier molecular flexibility index (Phi) is 7.85. The molecule has 3 N–H and O–H groups in total. The molecule has 2 heterocycles. The molecule has 0 unspecified atom stereocenters. The number of hydrogen-bond donors (Lipinski definition) is 2. The zero-order valence-electron chi connectivity index (χ0n) is 22.9. The number of pyridine rings is 2. The van der Waals surface area contributed by atoms with E-state index in [0.717, 1.165) is 6.07 Å². The van der Waals surface area contributed by atoms with Gasteiger partial charge in [-0.1, -0.05) is 0 Å². The van der Waals surface area contributed by atoms with Crippen molar-refractivity contribution in [3.63, 3.8) is 0 Å². The summed E-state index contributed by atoms with van der Waals surface area (Å²) in [6.07, 6.45) is 1.52. The van der Waals surface area contributed by atoms with Gasteiger partial charge in [0.15, 0.2) is 23.1 Å². The van der Waals surface area contributed by atoms with Crippen molar-refractivity contribution in [3.05, 3.63) is 112 Å². The minimum absolute atomic E-state index is 0.0140. The van der Waals surface area contributed by atoms with E-state index < -0.39 is 23.1 Å². The number of carbonyl (C=O) groups is 1. The van der Waals surface area contributed by atoms with Gasteiger partial charge in [0.25, 0.3) is 11.5 Å². The average molecular weight is 573 g/mol. The van der Waals surface area contributed by atoms with Crippen molar-refractivity contribution in [3.8, 4) is 28.7 Å². The van der Waals surface area contributed by atoms with Gasteiger partial charge in [-0.15, -0.1) is 0 Å². The third-order valence-electron chi connectivity index (χ3n) is 6.66. The lowest BCUT2D eigenvalue weighted by Crippen LogP contribution is -2.32. The predicted molar refractivity (Wildman–Crippen MR) is 154 cm³/mol. The van der Waals surface area contributed by atoms with E-state index in [2.05, 4.69) is 10.3 Å². The number of methoxy groups -OCH3 is 2. The number of anilines is 1. The summed E-state index contributed by atoms with van der Waals surface area (Å²) in [4.78, 5) is 30.9. The number of rotatable bonds is 8. The van der Waals surface area contributed by atoms with Crippen molar-refractivity contribution in [1.29, 1.82) is 0 Å². The molecule has 11 heteroatoms. The number of hydrogen-bond acceptors (Lipinski definition) is 7. The normalized spacial score (nSPS) is 10.9. The number of halogens is 2. The van der Waals surface area contributed by atoms with Crippen LogP contribution in [0.15, 0.2) is 77.7 Å². The number of ether oxygens (including phenoxy) is 3.